The van der Waals surface area contributed by atoms with Gasteiger partial charge in [-0.15, -0.1) is 0 Å². The lowest BCUT2D eigenvalue weighted by atomic mass is 9.98. The van der Waals surface area contributed by atoms with Crippen molar-refractivity contribution in [2.75, 3.05) is 13.1 Å². The van der Waals surface area contributed by atoms with E-state index in [9.17, 15) is 14.4 Å². The minimum Gasteiger partial charge on any atom is -0.354 e. The van der Waals surface area contributed by atoms with E-state index in [1.165, 1.54) is 0 Å². The number of nitrogens with one attached hydrogen (secondary N) is 2. The summed E-state index contributed by atoms with van der Waals surface area (Å²) in [6, 6.07) is 13.3. The summed E-state index contributed by atoms with van der Waals surface area (Å²) in [7, 11) is 0. The summed E-state index contributed by atoms with van der Waals surface area (Å²) in [5.41, 5.74) is 1.11. The number of benzene rings is 2. The number of halogens is 1. The van der Waals surface area contributed by atoms with E-state index >= 15 is 0 Å². The Balaban J connectivity index is 1.58. The van der Waals surface area contributed by atoms with Crippen molar-refractivity contribution < 1.29 is 14.4 Å². The number of ketones is 1. The molecule has 0 aromatic heterocycles. The Hall–Kier alpha value is -2.66. The first-order valence-corrected chi connectivity index (χ1v) is 9.89. The Morgan fingerprint density at radius 1 is 0.857 bits per heavy atom. The van der Waals surface area contributed by atoms with Gasteiger partial charge < -0.3 is 10.6 Å². The van der Waals surface area contributed by atoms with Crippen molar-refractivity contribution >= 4 is 29.2 Å². The van der Waals surface area contributed by atoms with Crippen LogP contribution < -0.4 is 10.6 Å². The van der Waals surface area contributed by atoms with E-state index < -0.39 is 0 Å². The highest BCUT2D eigenvalue weighted by molar-refractivity contribution is 6.30. The first kappa shape index (κ1) is 20.1. The van der Waals surface area contributed by atoms with Crippen molar-refractivity contribution in [1.29, 1.82) is 0 Å². The second kappa shape index (κ2) is 9.51. The molecule has 0 unspecified atom stereocenters. The molecule has 0 atom stereocenters. The fourth-order valence-electron chi connectivity index (χ4n) is 3.43. The smallest absolute Gasteiger partial charge is 0.252 e. The van der Waals surface area contributed by atoms with Crippen LogP contribution in [0.3, 0.4) is 0 Å². The molecule has 28 heavy (non-hydrogen) atoms. The van der Waals surface area contributed by atoms with Gasteiger partial charge in [0.15, 0.2) is 5.78 Å². The SMILES string of the molecule is O=C(NCCNC(=O)C1CCCC1)c1ccccc1C(=O)c1ccc(Cl)cc1. The van der Waals surface area contributed by atoms with Crippen LogP contribution in [0, 0.1) is 5.92 Å². The van der Waals surface area contributed by atoms with Gasteiger partial charge in [0.05, 0.1) is 5.56 Å². The minimum absolute atomic E-state index is 0.0602. The van der Waals surface area contributed by atoms with E-state index in [0.717, 1.165) is 25.7 Å². The molecule has 1 aliphatic carbocycles. The molecule has 6 heteroatoms. The highest BCUT2D eigenvalue weighted by Crippen LogP contribution is 2.24. The molecular weight excluding hydrogens is 376 g/mol. The largest absolute Gasteiger partial charge is 0.354 e. The molecule has 0 radical (unpaired) electrons. The zero-order chi connectivity index (χ0) is 19.9. The van der Waals surface area contributed by atoms with Gasteiger partial charge in [-0.3, -0.25) is 14.4 Å². The van der Waals surface area contributed by atoms with E-state index in [4.69, 9.17) is 11.6 Å². The maximum absolute atomic E-state index is 12.8. The molecular formula is C22H23ClN2O3. The summed E-state index contributed by atoms with van der Waals surface area (Å²) < 4.78 is 0. The predicted octanol–water partition coefficient (Wildman–Crippen LogP) is 3.61. The molecule has 2 aromatic carbocycles. The predicted molar refractivity (Wildman–Crippen MR) is 109 cm³/mol. The standard InChI is InChI=1S/C22H23ClN2O3/c23-17-11-9-15(10-12-17)20(26)18-7-3-4-8-19(18)22(28)25-14-13-24-21(27)16-5-1-2-6-16/h3-4,7-12,16H,1-2,5-6,13-14H2,(H,24,27)(H,25,28). The Morgan fingerprint density at radius 3 is 2.14 bits per heavy atom. The molecule has 1 fully saturated rings. The van der Waals surface area contributed by atoms with E-state index in [1.807, 2.05) is 0 Å². The molecule has 3 rings (SSSR count). The number of rotatable bonds is 7. The van der Waals surface area contributed by atoms with Crippen molar-refractivity contribution in [3.63, 3.8) is 0 Å². The summed E-state index contributed by atoms with van der Waals surface area (Å²) >= 11 is 5.87. The topological polar surface area (TPSA) is 75.3 Å². The van der Waals surface area contributed by atoms with Crippen LogP contribution in [0.15, 0.2) is 48.5 Å². The first-order valence-electron chi connectivity index (χ1n) is 9.51. The number of amides is 2. The molecule has 1 saturated carbocycles. The third-order valence-electron chi connectivity index (χ3n) is 4.96. The summed E-state index contributed by atoms with van der Waals surface area (Å²) in [5, 5.41) is 6.18. The quantitative estimate of drug-likeness (QED) is 0.552. The van der Waals surface area contributed by atoms with Crippen molar-refractivity contribution in [2.45, 2.75) is 25.7 Å². The number of carbonyl (C=O) groups is 3. The molecule has 2 N–H and O–H groups in total. The molecule has 0 aliphatic heterocycles. The van der Waals surface area contributed by atoms with Crippen molar-refractivity contribution in [3.05, 3.63) is 70.2 Å². The van der Waals surface area contributed by atoms with Crippen LogP contribution in [-0.2, 0) is 4.79 Å². The fraction of sp³-hybridized carbons (Fsp3) is 0.318. The second-order valence-electron chi connectivity index (χ2n) is 6.91. The molecule has 0 bridgehead atoms. The lowest BCUT2D eigenvalue weighted by molar-refractivity contribution is -0.124. The van der Waals surface area contributed by atoms with Gasteiger partial charge in [0, 0.05) is 35.2 Å². The van der Waals surface area contributed by atoms with Gasteiger partial charge in [0.2, 0.25) is 5.91 Å². The average Bonchev–Trinajstić information content (AvgIpc) is 3.26. The van der Waals surface area contributed by atoms with Gasteiger partial charge in [-0.05, 0) is 43.2 Å². The molecule has 0 saturated heterocycles. The van der Waals surface area contributed by atoms with Gasteiger partial charge >= 0.3 is 0 Å². The zero-order valence-electron chi connectivity index (χ0n) is 15.5. The third-order valence-corrected chi connectivity index (χ3v) is 5.21. The molecule has 1 aliphatic rings. The van der Waals surface area contributed by atoms with E-state index in [-0.39, 0.29) is 23.5 Å². The molecule has 5 nitrogen and oxygen atoms in total. The van der Waals surface area contributed by atoms with Gasteiger partial charge in [0.1, 0.15) is 0 Å². The maximum Gasteiger partial charge on any atom is 0.252 e. The Kier molecular flexibility index (Phi) is 6.82. The van der Waals surface area contributed by atoms with Gasteiger partial charge in [-0.1, -0.05) is 42.6 Å². The Labute approximate surface area is 169 Å². The summed E-state index contributed by atoms with van der Waals surface area (Å²) in [6.07, 6.45) is 4.09. The molecule has 0 spiro atoms. The fourth-order valence-corrected chi connectivity index (χ4v) is 3.55. The number of carbonyl (C=O) groups excluding carboxylic acids is 3. The van der Waals surface area contributed by atoms with Crippen LogP contribution in [-0.4, -0.2) is 30.7 Å². The van der Waals surface area contributed by atoms with Crippen LogP contribution in [0.4, 0.5) is 0 Å². The monoisotopic (exact) mass is 398 g/mol. The zero-order valence-corrected chi connectivity index (χ0v) is 16.3. The van der Waals surface area contributed by atoms with E-state index in [0.29, 0.717) is 34.8 Å². The van der Waals surface area contributed by atoms with Crippen LogP contribution in [0.25, 0.3) is 0 Å². The Bertz CT molecular complexity index is 858. The van der Waals surface area contributed by atoms with Crippen LogP contribution >= 0.6 is 11.6 Å². The first-order chi connectivity index (χ1) is 13.6. The van der Waals surface area contributed by atoms with E-state index in [1.54, 1.807) is 48.5 Å². The average molecular weight is 399 g/mol. The summed E-state index contributed by atoms with van der Waals surface area (Å²) in [5.74, 6) is -0.413. The summed E-state index contributed by atoms with van der Waals surface area (Å²) in [4.78, 5) is 37.3. The lowest BCUT2D eigenvalue weighted by Gasteiger charge is -2.12. The van der Waals surface area contributed by atoms with Crippen molar-refractivity contribution in [1.82, 2.24) is 10.6 Å². The number of hydrogen-bond donors (Lipinski definition) is 2. The summed E-state index contributed by atoms with van der Waals surface area (Å²) in [6.45, 7) is 0.676. The van der Waals surface area contributed by atoms with Crippen LogP contribution in [0.5, 0.6) is 0 Å². The van der Waals surface area contributed by atoms with Crippen molar-refractivity contribution in [2.24, 2.45) is 5.92 Å². The second-order valence-corrected chi connectivity index (χ2v) is 7.35. The highest BCUT2D eigenvalue weighted by Gasteiger charge is 2.22. The number of hydrogen-bond acceptors (Lipinski definition) is 3. The molecule has 2 amide bonds. The highest BCUT2D eigenvalue weighted by atomic mass is 35.5. The van der Waals surface area contributed by atoms with Gasteiger partial charge in [-0.2, -0.15) is 0 Å². The minimum atomic E-state index is -0.340. The van der Waals surface area contributed by atoms with Gasteiger partial charge in [-0.25, -0.2) is 0 Å². The molecule has 146 valence electrons. The lowest BCUT2D eigenvalue weighted by Crippen LogP contribution is -2.37. The third kappa shape index (κ3) is 4.98. The van der Waals surface area contributed by atoms with Crippen molar-refractivity contribution in [3.8, 4) is 0 Å². The molecule has 0 heterocycles. The van der Waals surface area contributed by atoms with E-state index in [2.05, 4.69) is 10.6 Å². The Morgan fingerprint density at radius 2 is 1.46 bits per heavy atom. The molecule has 2 aromatic rings. The normalized spacial score (nSPS) is 13.9. The maximum atomic E-state index is 12.8. The van der Waals surface area contributed by atoms with Crippen LogP contribution in [0.1, 0.15) is 52.0 Å². The van der Waals surface area contributed by atoms with Crippen LogP contribution in [0.2, 0.25) is 5.02 Å². The van der Waals surface area contributed by atoms with Gasteiger partial charge in [0.25, 0.3) is 5.91 Å².